The number of nitrogens with zero attached hydrogens (tertiary/aromatic N) is 1. The Morgan fingerprint density at radius 3 is 2.41 bits per heavy atom. The molecule has 8 nitrogen and oxygen atoms in total. The molecule has 3 rings (SSSR count). The van der Waals surface area contributed by atoms with Crippen molar-refractivity contribution >= 4 is 11.8 Å². The first kappa shape index (κ1) is 23.4. The molecule has 1 aliphatic heterocycles. The van der Waals surface area contributed by atoms with Crippen LogP contribution < -0.4 is 19.5 Å². The molecular formula is C24H30N2O6. The molecule has 32 heavy (non-hydrogen) atoms. The molecule has 1 aliphatic rings. The minimum Gasteiger partial charge on any atom is -0.497 e. The molecule has 8 heteroatoms. The Kier molecular flexibility index (Phi) is 7.94. The summed E-state index contributed by atoms with van der Waals surface area (Å²) in [5.74, 6) is 0.974. The number of amides is 2. The summed E-state index contributed by atoms with van der Waals surface area (Å²) in [6.45, 7) is 1.51. The van der Waals surface area contributed by atoms with Gasteiger partial charge in [-0.1, -0.05) is 12.1 Å². The lowest BCUT2D eigenvalue weighted by molar-refractivity contribution is -0.125. The molecule has 0 spiro atoms. The first-order chi connectivity index (χ1) is 15.5. The van der Waals surface area contributed by atoms with E-state index < -0.39 is 5.92 Å². The molecule has 0 aliphatic carbocycles. The Hall–Kier alpha value is -3.26. The van der Waals surface area contributed by atoms with E-state index in [1.54, 1.807) is 63.7 Å². The Balaban J connectivity index is 1.90. The summed E-state index contributed by atoms with van der Waals surface area (Å²) >= 11 is 0. The average Bonchev–Trinajstić information content (AvgIpc) is 3.28. The van der Waals surface area contributed by atoms with Crippen molar-refractivity contribution in [2.24, 2.45) is 5.92 Å². The normalized spacial score (nSPS) is 17.7. The molecule has 0 radical (unpaired) electrons. The highest BCUT2D eigenvalue weighted by Crippen LogP contribution is 2.39. The number of hydrogen-bond acceptors (Lipinski definition) is 6. The topological polar surface area (TPSA) is 86.3 Å². The quantitative estimate of drug-likeness (QED) is 0.600. The number of carbonyl (C=O) groups is 2. The Labute approximate surface area is 188 Å². The van der Waals surface area contributed by atoms with Crippen LogP contribution in [0.25, 0.3) is 0 Å². The van der Waals surface area contributed by atoms with Crippen LogP contribution in [0.5, 0.6) is 17.2 Å². The van der Waals surface area contributed by atoms with Gasteiger partial charge in [0.25, 0.3) is 5.91 Å². The lowest BCUT2D eigenvalue weighted by Crippen LogP contribution is -2.37. The summed E-state index contributed by atoms with van der Waals surface area (Å²) in [5, 5.41) is 2.92. The van der Waals surface area contributed by atoms with E-state index in [4.69, 9.17) is 18.9 Å². The number of carbonyl (C=O) groups excluding carboxylic acids is 2. The number of hydrogen-bond donors (Lipinski definition) is 1. The molecule has 1 saturated heterocycles. The van der Waals surface area contributed by atoms with Crippen molar-refractivity contribution in [1.82, 2.24) is 10.2 Å². The van der Waals surface area contributed by atoms with Crippen LogP contribution in [0.4, 0.5) is 0 Å². The highest BCUT2D eigenvalue weighted by molar-refractivity contribution is 5.95. The van der Waals surface area contributed by atoms with E-state index in [2.05, 4.69) is 5.32 Å². The number of likely N-dealkylation sites (tertiary alicyclic amines) is 1. The fraction of sp³-hybridized carbons (Fsp3) is 0.417. The molecule has 1 N–H and O–H groups in total. The standard InChI is InChI=1S/C24H30N2O6/c1-29-11-10-25-23(27)21-15-26(24(28)16-6-5-7-17(12-16)30-2)14-20(21)19-9-8-18(31-3)13-22(19)32-4/h5-9,12-13,20-21H,10-11,14-15H2,1-4H3,(H,25,27). The maximum absolute atomic E-state index is 13.2. The zero-order valence-corrected chi connectivity index (χ0v) is 18.9. The Morgan fingerprint density at radius 2 is 1.72 bits per heavy atom. The monoisotopic (exact) mass is 442 g/mol. The molecule has 1 fully saturated rings. The van der Waals surface area contributed by atoms with Crippen LogP contribution in [0, 0.1) is 5.92 Å². The number of methoxy groups -OCH3 is 4. The summed E-state index contributed by atoms with van der Waals surface area (Å²) in [6.07, 6.45) is 0. The maximum Gasteiger partial charge on any atom is 0.254 e. The van der Waals surface area contributed by atoms with Crippen LogP contribution in [0.1, 0.15) is 21.8 Å². The summed E-state index contributed by atoms with van der Waals surface area (Å²) in [5.41, 5.74) is 1.38. The first-order valence-corrected chi connectivity index (χ1v) is 10.4. The molecule has 2 amide bonds. The van der Waals surface area contributed by atoms with Gasteiger partial charge in [0.05, 0.1) is 33.9 Å². The molecule has 2 aromatic carbocycles. The summed E-state index contributed by atoms with van der Waals surface area (Å²) < 4.78 is 21.2. The fourth-order valence-corrected chi connectivity index (χ4v) is 4.02. The smallest absolute Gasteiger partial charge is 0.254 e. The predicted molar refractivity (Wildman–Crippen MR) is 120 cm³/mol. The minimum atomic E-state index is -0.427. The zero-order chi connectivity index (χ0) is 23.1. The van der Waals surface area contributed by atoms with E-state index in [9.17, 15) is 9.59 Å². The van der Waals surface area contributed by atoms with Gasteiger partial charge < -0.3 is 29.2 Å². The van der Waals surface area contributed by atoms with Crippen molar-refractivity contribution in [3.63, 3.8) is 0 Å². The van der Waals surface area contributed by atoms with Crippen LogP contribution in [0.15, 0.2) is 42.5 Å². The highest BCUT2D eigenvalue weighted by atomic mass is 16.5. The molecule has 2 atom stereocenters. The third kappa shape index (κ3) is 5.13. The van der Waals surface area contributed by atoms with Crippen molar-refractivity contribution in [3.05, 3.63) is 53.6 Å². The molecule has 0 aromatic heterocycles. The molecule has 0 bridgehead atoms. The van der Waals surface area contributed by atoms with Crippen molar-refractivity contribution in [2.75, 3.05) is 54.7 Å². The van der Waals surface area contributed by atoms with Gasteiger partial charge in [-0.05, 0) is 24.3 Å². The maximum atomic E-state index is 13.2. The molecule has 0 saturated carbocycles. The molecule has 1 heterocycles. The van der Waals surface area contributed by atoms with Gasteiger partial charge in [-0.25, -0.2) is 0 Å². The zero-order valence-electron chi connectivity index (χ0n) is 18.9. The summed E-state index contributed by atoms with van der Waals surface area (Å²) in [6, 6.07) is 12.6. The van der Waals surface area contributed by atoms with Crippen LogP contribution >= 0.6 is 0 Å². The van der Waals surface area contributed by atoms with E-state index in [1.165, 1.54) is 0 Å². The van der Waals surface area contributed by atoms with Gasteiger partial charge in [-0.3, -0.25) is 9.59 Å². The second kappa shape index (κ2) is 10.9. The van der Waals surface area contributed by atoms with E-state index in [1.807, 2.05) is 12.1 Å². The Bertz CT molecular complexity index is 948. The largest absolute Gasteiger partial charge is 0.497 e. The third-order valence-electron chi connectivity index (χ3n) is 5.71. The van der Waals surface area contributed by atoms with Gasteiger partial charge in [0.2, 0.25) is 5.91 Å². The van der Waals surface area contributed by atoms with Gasteiger partial charge in [0.15, 0.2) is 0 Å². The predicted octanol–water partition coefficient (Wildman–Crippen LogP) is 2.33. The van der Waals surface area contributed by atoms with E-state index in [-0.39, 0.29) is 17.7 Å². The minimum absolute atomic E-state index is 0.120. The van der Waals surface area contributed by atoms with Crippen LogP contribution in [0.2, 0.25) is 0 Å². The van der Waals surface area contributed by atoms with Gasteiger partial charge >= 0.3 is 0 Å². The molecular weight excluding hydrogens is 412 g/mol. The molecule has 2 aromatic rings. The van der Waals surface area contributed by atoms with Crippen molar-refractivity contribution in [1.29, 1.82) is 0 Å². The first-order valence-electron chi connectivity index (χ1n) is 10.4. The van der Waals surface area contributed by atoms with Crippen molar-refractivity contribution in [2.45, 2.75) is 5.92 Å². The highest BCUT2D eigenvalue weighted by Gasteiger charge is 2.41. The summed E-state index contributed by atoms with van der Waals surface area (Å²) in [4.78, 5) is 28.0. The van der Waals surface area contributed by atoms with Crippen LogP contribution in [-0.4, -0.2) is 71.4 Å². The van der Waals surface area contributed by atoms with Gasteiger partial charge in [0, 0.05) is 49.9 Å². The van der Waals surface area contributed by atoms with Gasteiger partial charge in [-0.15, -0.1) is 0 Å². The van der Waals surface area contributed by atoms with Crippen LogP contribution in [-0.2, 0) is 9.53 Å². The van der Waals surface area contributed by atoms with Crippen LogP contribution in [0.3, 0.4) is 0 Å². The second-order valence-electron chi connectivity index (χ2n) is 7.55. The van der Waals surface area contributed by atoms with E-state index in [0.717, 1.165) is 5.56 Å². The van der Waals surface area contributed by atoms with Gasteiger partial charge in [0.1, 0.15) is 17.2 Å². The lowest BCUT2D eigenvalue weighted by Gasteiger charge is -2.21. The Morgan fingerprint density at radius 1 is 0.969 bits per heavy atom. The second-order valence-corrected chi connectivity index (χ2v) is 7.55. The van der Waals surface area contributed by atoms with E-state index in [0.29, 0.717) is 49.1 Å². The van der Waals surface area contributed by atoms with Crippen molar-refractivity contribution in [3.8, 4) is 17.2 Å². The average molecular weight is 443 g/mol. The fourth-order valence-electron chi connectivity index (χ4n) is 4.02. The van der Waals surface area contributed by atoms with E-state index >= 15 is 0 Å². The molecule has 2 unspecified atom stereocenters. The number of nitrogens with one attached hydrogen (secondary N) is 1. The SMILES string of the molecule is COCCNC(=O)C1CN(C(=O)c2cccc(OC)c2)CC1c1ccc(OC)cc1OC. The summed E-state index contributed by atoms with van der Waals surface area (Å²) in [7, 11) is 6.32. The number of ether oxygens (including phenoxy) is 4. The van der Waals surface area contributed by atoms with Crippen molar-refractivity contribution < 1.29 is 28.5 Å². The number of benzene rings is 2. The third-order valence-corrected chi connectivity index (χ3v) is 5.71. The molecule has 172 valence electrons. The lowest BCUT2D eigenvalue weighted by atomic mass is 9.87. The number of rotatable bonds is 9. The van der Waals surface area contributed by atoms with Gasteiger partial charge in [-0.2, -0.15) is 0 Å².